The summed E-state index contributed by atoms with van der Waals surface area (Å²) in [4.78, 5) is 16.0. The second-order valence-corrected chi connectivity index (χ2v) is 7.78. The quantitative estimate of drug-likeness (QED) is 0.285. The van der Waals surface area contributed by atoms with Crippen LogP contribution in [0.2, 0.25) is 0 Å². The van der Waals surface area contributed by atoms with Crippen LogP contribution in [-0.2, 0) is 11.3 Å². The average molecular weight is 528 g/mol. The topological polar surface area (TPSA) is 84.0 Å². The monoisotopic (exact) mass is 528 g/mol. The molecule has 0 heterocycles. The van der Waals surface area contributed by atoms with Crippen molar-refractivity contribution in [3.05, 3.63) is 29.8 Å². The van der Waals surface area contributed by atoms with Crippen LogP contribution in [0.25, 0.3) is 0 Å². The number of alkyl carbamates (subject to hydrolysis) is 1. The minimum atomic E-state index is -2.89. The van der Waals surface area contributed by atoms with Gasteiger partial charge in [0.1, 0.15) is 11.4 Å². The summed E-state index contributed by atoms with van der Waals surface area (Å²) in [6, 6.07) is 6.53. The van der Waals surface area contributed by atoms with E-state index < -0.39 is 23.8 Å². The molecule has 1 rings (SSSR count). The molecule has 0 radical (unpaired) electrons. The molecule has 0 saturated heterocycles. The summed E-state index contributed by atoms with van der Waals surface area (Å²) in [6.07, 6.45) is -0.514. The second kappa shape index (κ2) is 12.0. The van der Waals surface area contributed by atoms with Crippen molar-refractivity contribution in [3.8, 4) is 5.75 Å². The zero-order valence-electron chi connectivity index (χ0n) is 17.6. The van der Waals surface area contributed by atoms with Gasteiger partial charge in [-0.3, -0.25) is 4.99 Å². The maximum absolute atomic E-state index is 12.5. The number of rotatable bonds is 7. The van der Waals surface area contributed by atoms with E-state index in [2.05, 4.69) is 25.7 Å². The number of carbonyl (C=O) groups is 1. The van der Waals surface area contributed by atoms with Crippen LogP contribution in [0.1, 0.15) is 40.2 Å². The summed E-state index contributed by atoms with van der Waals surface area (Å²) < 4.78 is 34.8. The Kier molecular flexibility index (Phi) is 11.2. The van der Waals surface area contributed by atoms with Gasteiger partial charge in [-0.2, -0.15) is 8.78 Å². The number of halogens is 3. The molecule has 166 valence electrons. The largest absolute Gasteiger partial charge is 0.444 e. The first-order valence-corrected chi connectivity index (χ1v) is 8.90. The Labute approximate surface area is 188 Å². The minimum absolute atomic E-state index is 0. The van der Waals surface area contributed by atoms with Crippen molar-refractivity contribution < 1.29 is 23.0 Å². The molecule has 0 spiro atoms. The molecule has 7 nitrogen and oxygen atoms in total. The molecule has 0 unspecified atom stereocenters. The van der Waals surface area contributed by atoms with Gasteiger partial charge in [-0.05, 0) is 40.7 Å². The normalized spacial score (nSPS) is 12.1. The van der Waals surface area contributed by atoms with Crippen molar-refractivity contribution >= 4 is 36.0 Å². The van der Waals surface area contributed by atoms with Gasteiger partial charge in [0.2, 0.25) is 0 Å². The molecule has 0 fully saturated rings. The van der Waals surface area contributed by atoms with Crippen molar-refractivity contribution in [3.63, 3.8) is 0 Å². The minimum Gasteiger partial charge on any atom is -0.444 e. The number of amides is 1. The molecule has 1 aromatic rings. The highest BCUT2D eigenvalue weighted by atomic mass is 127. The van der Waals surface area contributed by atoms with Gasteiger partial charge in [0.15, 0.2) is 5.96 Å². The van der Waals surface area contributed by atoms with Gasteiger partial charge >= 0.3 is 12.7 Å². The van der Waals surface area contributed by atoms with E-state index in [9.17, 15) is 13.6 Å². The molecule has 0 aromatic heterocycles. The Morgan fingerprint density at radius 2 is 1.76 bits per heavy atom. The molecule has 1 amide bonds. The Bertz CT molecular complexity index is 680. The third kappa shape index (κ3) is 11.7. The number of para-hydroxylation sites is 1. The lowest BCUT2D eigenvalue weighted by Crippen LogP contribution is -2.54. The molecule has 0 bridgehead atoms. The van der Waals surface area contributed by atoms with Crippen LogP contribution < -0.4 is 20.7 Å². The number of nitrogens with zero attached hydrogens (tertiary/aromatic N) is 1. The highest BCUT2D eigenvalue weighted by Crippen LogP contribution is 2.19. The number of ether oxygens (including phenoxy) is 2. The molecular weight excluding hydrogens is 497 g/mol. The molecule has 3 N–H and O–H groups in total. The summed E-state index contributed by atoms with van der Waals surface area (Å²) in [5, 5.41) is 8.91. The predicted octanol–water partition coefficient (Wildman–Crippen LogP) is 3.87. The number of aliphatic imine (C=N–C) groups is 1. The van der Waals surface area contributed by atoms with Gasteiger partial charge in [0.25, 0.3) is 0 Å². The summed E-state index contributed by atoms with van der Waals surface area (Å²) in [6.45, 7) is 6.76. The number of hydrogen-bond acceptors (Lipinski definition) is 4. The number of guanidine groups is 1. The van der Waals surface area contributed by atoms with Crippen molar-refractivity contribution in [1.29, 1.82) is 0 Å². The van der Waals surface area contributed by atoms with Crippen molar-refractivity contribution in [2.75, 3.05) is 13.6 Å². The highest BCUT2D eigenvalue weighted by molar-refractivity contribution is 14.0. The molecule has 0 atom stereocenters. The molecule has 10 heteroatoms. The second-order valence-electron chi connectivity index (χ2n) is 7.78. The van der Waals surface area contributed by atoms with Crippen LogP contribution >= 0.6 is 24.0 Å². The Hall–Kier alpha value is -1.85. The van der Waals surface area contributed by atoms with Gasteiger partial charge in [0.05, 0.1) is 5.54 Å². The zero-order valence-corrected chi connectivity index (χ0v) is 20.0. The van der Waals surface area contributed by atoms with E-state index in [1.807, 2.05) is 13.8 Å². The lowest BCUT2D eigenvalue weighted by molar-refractivity contribution is -0.0504. The van der Waals surface area contributed by atoms with Crippen molar-refractivity contribution in [1.82, 2.24) is 16.0 Å². The first-order valence-electron chi connectivity index (χ1n) is 8.90. The summed E-state index contributed by atoms with van der Waals surface area (Å²) in [7, 11) is 1.59. The van der Waals surface area contributed by atoms with Crippen LogP contribution in [0.3, 0.4) is 0 Å². The first-order chi connectivity index (χ1) is 12.9. The number of alkyl halides is 2. The van der Waals surface area contributed by atoms with E-state index in [0.717, 1.165) is 0 Å². The number of carbonyl (C=O) groups excluding carboxylic acids is 1. The molecular formula is C19H31F2IN4O3. The van der Waals surface area contributed by atoms with Crippen LogP contribution in [0.4, 0.5) is 13.6 Å². The van der Waals surface area contributed by atoms with Crippen LogP contribution in [0.5, 0.6) is 5.75 Å². The number of hydrogen-bond donors (Lipinski definition) is 3. The highest BCUT2D eigenvalue weighted by Gasteiger charge is 2.24. The molecule has 0 aliphatic rings. The fourth-order valence-electron chi connectivity index (χ4n) is 2.19. The van der Waals surface area contributed by atoms with E-state index in [1.165, 1.54) is 6.07 Å². The van der Waals surface area contributed by atoms with E-state index in [0.29, 0.717) is 18.1 Å². The molecule has 0 saturated carbocycles. The molecule has 0 aliphatic carbocycles. The maximum atomic E-state index is 12.5. The van der Waals surface area contributed by atoms with Gasteiger partial charge in [-0.1, -0.05) is 18.2 Å². The van der Waals surface area contributed by atoms with E-state index in [4.69, 9.17) is 4.74 Å². The fraction of sp³-hybridized carbons (Fsp3) is 0.579. The third-order valence-corrected chi connectivity index (χ3v) is 3.40. The molecule has 29 heavy (non-hydrogen) atoms. The smallest absolute Gasteiger partial charge is 0.408 e. The summed E-state index contributed by atoms with van der Waals surface area (Å²) in [5.74, 6) is 0.554. The van der Waals surface area contributed by atoms with Gasteiger partial charge in [-0.15, -0.1) is 24.0 Å². The number of benzene rings is 1. The first kappa shape index (κ1) is 27.1. The fourth-order valence-corrected chi connectivity index (χ4v) is 2.19. The SMILES string of the molecule is CN=C(NCc1ccccc1OC(F)F)NCC(C)(C)NC(=O)OC(C)(C)C.I. The zero-order chi connectivity index (χ0) is 21.4. The van der Waals surface area contributed by atoms with E-state index in [1.54, 1.807) is 46.0 Å². The Morgan fingerprint density at radius 3 is 2.31 bits per heavy atom. The van der Waals surface area contributed by atoms with Gasteiger partial charge < -0.3 is 25.4 Å². The van der Waals surface area contributed by atoms with Gasteiger partial charge in [-0.25, -0.2) is 4.79 Å². The van der Waals surface area contributed by atoms with Crippen LogP contribution in [-0.4, -0.2) is 43.4 Å². The lowest BCUT2D eigenvalue weighted by Gasteiger charge is -2.29. The number of nitrogens with one attached hydrogen (secondary N) is 3. The third-order valence-electron chi connectivity index (χ3n) is 3.40. The van der Waals surface area contributed by atoms with E-state index >= 15 is 0 Å². The van der Waals surface area contributed by atoms with E-state index in [-0.39, 0.29) is 36.3 Å². The van der Waals surface area contributed by atoms with Gasteiger partial charge in [0, 0.05) is 25.7 Å². The molecule has 1 aromatic carbocycles. The summed E-state index contributed by atoms with van der Waals surface area (Å²) in [5.41, 5.74) is -0.632. The predicted molar refractivity (Wildman–Crippen MR) is 120 cm³/mol. The molecule has 0 aliphatic heterocycles. The average Bonchev–Trinajstić information content (AvgIpc) is 2.53. The van der Waals surface area contributed by atoms with Crippen molar-refractivity contribution in [2.24, 2.45) is 4.99 Å². The maximum Gasteiger partial charge on any atom is 0.408 e. The van der Waals surface area contributed by atoms with Crippen LogP contribution in [0, 0.1) is 0 Å². The Balaban J connectivity index is 0.00000784. The Morgan fingerprint density at radius 1 is 1.14 bits per heavy atom. The van der Waals surface area contributed by atoms with Crippen LogP contribution in [0.15, 0.2) is 29.3 Å². The summed E-state index contributed by atoms with van der Waals surface area (Å²) >= 11 is 0. The standard InChI is InChI=1S/C19H30F2N4O3.HI/c1-18(2,3)28-17(26)25-19(4,5)12-24-16(22-6)23-11-13-9-7-8-10-14(13)27-15(20)21;/h7-10,15H,11-12H2,1-6H3,(H,25,26)(H2,22,23,24);1H. The van der Waals surface area contributed by atoms with Crippen molar-refractivity contribution in [2.45, 2.75) is 58.9 Å². The lowest BCUT2D eigenvalue weighted by atomic mass is 10.1.